The Labute approximate surface area is 63.4 Å². The van der Waals surface area contributed by atoms with Gasteiger partial charge in [0.15, 0.2) is 0 Å². The van der Waals surface area contributed by atoms with Crippen LogP contribution in [0.15, 0.2) is 0 Å². The lowest BCUT2D eigenvalue weighted by molar-refractivity contribution is -0.119. The lowest BCUT2D eigenvalue weighted by atomic mass is 10.1. The number of hydrogen-bond donors (Lipinski definition) is 2. The second-order valence-electron chi connectivity index (χ2n) is 2.42. The number of aliphatic hydroxyl groups is 2. The molecule has 3 atom stereocenters. The third kappa shape index (κ3) is 1.33. The van der Waals surface area contributed by atoms with E-state index in [1.807, 2.05) is 0 Å². The Bertz CT molecular complexity index is 148. The van der Waals surface area contributed by atoms with Crippen LogP contribution in [0.5, 0.6) is 0 Å². The van der Waals surface area contributed by atoms with Crippen molar-refractivity contribution < 1.29 is 15.0 Å². The summed E-state index contributed by atoms with van der Waals surface area (Å²) in [6.07, 6.45) is -1.58. The summed E-state index contributed by atoms with van der Waals surface area (Å²) in [6.45, 7) is 1.43. The van der Waals surface area contributed by atoms with E-state index >= 15 is 0 Å². The van der Waals surface area contributed by atoms with Gasteiger partial charge in [-0.25, -0.2) is 0 Å². The molecular formula is C6H10O3S. The molecule has 1 heterocycles. The van der Waals surface area contributed by atoms with Crippen molar-refractivity contribution in [2.45, 2.75) is 24.4 Å². The van der Waals surface area contributed by atoms with E-state index in [0.717, 1.165) is 0 Å². The molecule has 3 nitrogen and oxygen atoms in total. The third-order valence-electron chi connectivity index (χ3n) is 1.55. The van der Waals surface area contributed by atoms with Gasteiger partial charge in [-0.1, -0.05) is 0 Å². The highest BCUT2D eigenvalue weighted by Gasteiger charge is 2.36. The fourth-order valence-electron chi connectivity index (χ4n) is 0.959. The van der Waals surface area contributed by atoms with E-state index in [2.05, 4.69) is 0 Å². The van der Waals surface area contributed by atoms with Crippen LogP contribution in [0.2, 0.25) is 0 Å². The maximum Gasteiger partial charge on any atom is 0.145 e. The molecule has 0 saturated carbocycles. The highest BCUT2D eigenvalue weighted by molar-refractivity contribution is 8.01. The molecule has 4 heteroatoms. The number of carbonyl (C=O) groups is 1. The van der Waals surface area contributed by atoms with Crippen LogP contribution >= 0.6 is 11.8 Å². The van der Waals surface area contributed by atoms with Gasteiger partial charge in [0.25, 0.3) is 0 Å². The molecule has 0 amide bonds. The van der Waals surface area contributed by atoms with Gasteiger partial charge in [-0.05, 0) is 6.92 Å². The van der Waals surface area contributed by atoms with Gasteiger partial charge in [-0.2, -0.15) is 0 Å². The first kappa shape index (κ1) is 8.04. The summed E-state index contributed by atoms with van der Waals surface area (Å²) in [5, 5.41) is 17.7. The Morgan fingerprint density at radius 2 is 2.20 bits per heavy atom. The van der Waals surface area contributed by atoms with Crippen molar-refractivity contribution in [1.29, 1.82) is 0 Å². The number of thioether (sulfide) groups is 1. The molecule has 0 bridgehead atoms. The summed E-state index contributed by atoms with van der Waals surface area (Å²) < 4.78 is 0. The molecule has 1 fully saturated rings. The zero-order valence-corrected chi connectivity index (χ0v) is 6.47. The lowest BCUT2D eigenvalue weighted by Crippen LogP contribution is -2.32. The molecule has 58 valence electrons. The van der Waals surface area contributed by atoms with Crippen LogP contribution in [0, 0.1) is 0 Å². The van der Waals surface area contributed by atoms with Crippen LogP contribution < -0.4 is 0 Å². The normalized spacial score (nSPS) is 40.1. The van der Waals surface area contributed by atoms with Crippen molar-refractivity contribution >= 4 is 17.5 Å². The summed E-state index contributed by atoms with van der Waals surface area (Å²) in [6, 6.07) is 0. The molecule has 1 rings (SSSR count). The predicted octanol–water partition coefficient (Wildman–Crippen LogP) is -0.587. The smallest absolute Gasteiger partial charge is 0.145 e. The van der Waals surface area contributed by atoms with Crippen LogP contribution in [0.4, 0.5) is 0 Å². The van der Waals surface area contributed by atoms with E-state index in [-0.39, 0.29) is 5.78 Å². The Kier molecular flexibility index (Phi) is 2.33. The highest BCUT2D eigenvalue weighted by Crippen LogP contribution is 2.27. The SMILES string of the molecule is CC(=O)C1SCC(O)C1O. The number of hydrogen-bond acceptors (Lipinski definition) is 4. The van der Waals surface area contributed by atoms with E-state index in [0.29, 0.717) is 5.75 Å². The number of rotatable bonds is 1. The highest BCUT2D eigenvalue weighted by atomic mass is 32.2. The number of ketones is 1. The molecule has 0 spiro atoms. The Hall–Kier alpha value is -0.0600. The number of Topliss-reactive ketones (excluding diaryl/α,β-unsaturated/α-hetero) is 1. The Morgan fingerprint density at radius 1 is 1.60 bits per heavy atom. The van der Waals surface area contributed by atoms with Gasteiger partial charge in [-0.3, -0.25) is 4.79 Å². The van der Waals surface area contributed by atoms with E-state index in [1.165, 1.54) is 18.7 Å². The average molecular weight is 162 g/mol. The van der Waals surface area contributed by atoms with Gasteiger partial charge in [0.2, 0.25) is 0 Å². The molecule has 0 aromatic heterocycles. The largest absolute Gasteiger partial charge is 0.390 e. The van der Waals surface area contributed by atoms with Crippen molar-refractivity contribution in [3.05, 3.63) is 0 Å². The van der Waals surface area contributed by atoms with Crippen LogP contribution in [-0.2, 0) is 4.79 Å². The number of aliphatic hydroxyl groups excluding tert-OH is 2. The molecule has 3 unspecified atom stereocenters. The zero-order chi connectivity index (χ0) is 7.72. The summed E-state index contributed by atoms with van der Waals surface area (Å²) in [7, 11) is 0. The predicted molar refractivity (Wildman–Crippen MR) is 38.9 cm³/mol. The molecule has 2 N–H and O–H groups in total. The van der Waals surface area contributed by atoms with Crippen LogP contribution in [0.1, 0.15) is 6.92 Å². The van der Waals surface area contributed by atoms with Gasteiger partial charge in [0.1, 0.15) is 5.78 Å². The van der Waals surface area contributed by atoms with E-state index in [1.54, 1.807) is 0 Å². The minimum atomic E-state index is -0.859. The van der Waals surface area contributed by atoms with E-state index in [4.69, 9.17) is 10.2 Å². The van der Waals surface area contributed by atoms with Crippen LogP contribution in [0.3, 0.4) is 0 Å². The van der Waals surface area contributed by atoms with Gasteiger partial charge in [0, 0.05) is 5.75 Å². The average Bonchev–Trinajstić information content (AvgIpc) is 2.14. The van der Waals surface area contributed by atoms with Gasteiger partial charge < -0.3 is 10.2 Å². The second-order valence-corrected chi connectivity index (χ2v) is 3.60. The summed E-state index contributed by atoms with van der Waals surface area (Å²) in [5.41, 5.74) is 0. The van der Waals surface area contributed by atoms with Crippen molar-refractivity contribution in [3.8, 4) is 0 Å². The minimum absolute atomic E-state index is 0.0611. The van der Waals surface area contributed by atoms with E-state index in [9.17, 15) is 4.79 Å². The standard InChI is InChI=1S/C6H10O3S/c1-3(7)6-5(9)4(8)2-10-6/h4-6,8-9H,2H2,1H3. The van der Waals surface area contributed by atoms with Crippen molar-refractivity contribution in [2.75, 3.05) is 5.75 Å². The van der Waals surface area contributed by atoms with Crippen LogP contribution in [-0.4, -0.2) is 39.2 Å². The molecular weight excluding hydrogens is 152 g/mol. The maximum atomic E-state index is 10.7. The zero-order valence-electron chi connectivity index (χ0n) is 5.65. The maximum absolute atomic E-state index is 10.7. The van der Waals surface area contributed by atoms with Gasteiger partial charge in [-0.15, -0.1) is 11.8 Å². The first-order chi connectivity index (χ1) is 4.63. The molecule has 0 aromatic rings. The molecule has 10 heavy (non-hydrogen) atoms. The monoisotopic (exact) mass is 162 g/mol. The Morgan fingerprint density at radius 3 is 2.40 bits per heavy atom. The molecule has 0 radical (unpaired) electrons. The quantitative estimate of drug-likeness (QED) is 0.541. The second kappa shape index (κ2) is 2.90. The summed E-state index contributed by atoms with van der Waals surface area (Å²) >= 11 is 1.32. The first-order valence-corrected chi connectivity index (χ1v) is 4.16. The fraction of sp³-hybridized carbons (Fsp3) is 0.833. The molecule has 1 aliphatic rings. The van der Waals surface area contributed by atoms with Crippen molar-refractivity contribution in [2.24, 2.45) is 0 Å². The van der Waals surface area contributed by atoms with Gasteiger partial charge >= 0.3 is 0 Å². The van der Waals surface area contributed by atoms with Crippen molar-refractivity contribution in [3.63, 3.8) is 0 Å². The van der Waals surface area contributed by atoms with Crippen molar-refractivity contribution in [1.82, 2.24) is 0 Å². The first-order valence-electron chi connectivity index (χ1n) is 3.11. The fourth-order valence-corrected chi connectivity index (χ4v) is 2.17. The summed E-state index contributed by atoms with van der Waals surface area (Å²) in [4.78, 5) is 10.7. The van der Waals surface area contributed by atoms with E-state index < -0.39 is 17.5 Å². The summed E-state index contributed by atoms with van der Waals surface area (Å²) in [5.74, 6) is 0.403. The van der Waals surface area contributed by atoms with Crippen LogP contribution in [0.25, 0.3) is 0 Å². The topological polar surface area (TPSA) is 57.5 Å². The van der Waals surface area contributed by atoms with Gasteiger partial charge in [0.05, 0.1) is 17.5 Å². The minimum Gasteiger partial charge on any atom is -0.390 e. The molecule has 0 aromatic carbocycles. The third-order valence-corrected chi connectivity index (χ3v) is 3.06. The lowest BCUT2D eigenvalue weighted by Gasteiger charge is -2.10. The molecule has 0 aliphatic carbocycles. The number of carbonyl (C=O) groups excluding carboxylic acids is 1. The Balaban J connectivity index is 2.57. The molecule has 1 saturated heterocycles. The molecule has 1 aliphatic heterocycles.